The molecule has 0 aromatic rings. The van der Waals surface area contributed by atoms with E-state index < -0.39 is 18.4 Å². The van der Waals surface area contributed by atoms with E-state index in [4.69, 9.17) is 15.5 Å². The summed E-state index contributed by atoms with van der Waals surface area (Å²) < 4.78 is 0. The molecule has 0 bridgehead atoms. The molecule has 7 heteroatoms. The van der Waals surface area contributed by atoms with Gasteiger partial charge in [-0.3, -0.25) is 9.59 Å². The molecule has 17 heavy (non-hydrogen) atoms. The quantitative estimate of drug-likeness (QED) is 0.385. The normalized spacial score (nSPS) is 10.5. The molecule has 0 heterocycles. The van der Waals surface area contributed by atoms with E-state index in [1.807, 2.05) is 0 Å². The predicted molar refractivity (Wildman–Crippen MR) is 58.7 cm³/mol. The second-order valence-corrected chi connectivity index (χ2v) is 3.08. The molecular weight excluding hydrogens is 226 g/mol. The van der Waals surface area contributed by atoms with Crippen molar-refractivity contribution in [1.82, 2.24) is 10.2 Å². The van der Waals surface area contributed by atoms with E-state index in [1.54, 1.807) is 17.9 Å². The first-order valence-corrected chi connectivity index (χ1v) is 5.02. The Morgan fingerprint density at radius 1 is 1.53 bits per heavy atom. The number of likely N-dealkylation sites (N-methyl/N-ethyl adjacent to an activating group) is 1. The number of amides is 1. The average Bonchev–Trinajstić information content (AvgIpc) is 2.31. The zero-order valence-electron chi connectivity index (χ0n) is 9.51. The molecule has 0 rings (SSSR count). The van der Waals surface area contributed by atoms with Crippen molar-refractivity contribution in [3.05, 3.63) is 11.8 Å². The number of aliphatic carboxylic acids is 1. The fourth-order valence-electron chi connectivity index (χ4n) is 1.01. The molecule has 3 N–H and O–H groups in total. The van der Waals surface area contributed by atoms with Gasteiger partial charge in [0.25, 0.3) is 5.91 Å². The summed E-state index contributed by atoms with van der Waals surface area (Å²) >= 11 is 0. The van der Waals surface area contributed by atoms with Crippen molar-refractivity contribution in [2.45, 2.75) is 6.92 Å². The zero-order chi connectivity index (χ0) is 13.3. The van der Waals surface area contributed by atoms with Crippen LogP contribution in [0.3, 0.4) is 0 Å². The molecule has 0 aliphatic rings. The van der Waals surface area contributed by atoms with Crippen molar-refractivity contribution >= 4 is 11.9 Å². The number of carbonyl (C=O) groups is 2. The van der Waals surface area contributed by atoms with Crippen LogP contribution in [-0.4, -0.2) is 53.2 Å². The maximum absolute atomic E-state index is 11.4. The maximum Gasteiger partial charge on any atom is 0.322 e. The molecule has 0 aliphatic heterocycles. The summed E-state index contributed by atoms with van der Waals surface area (Å²) in [4.78, 5) is 23.2. The third-order valence-electron chi connectivity index (χ3n) is 1.87. The van der Waals surface area contributed by atoms with Gasteiger partial charge in [-0.1, -0.05) is 0 Å². The van der Waals surface area contributed by atoms with Crippen molar-refractivity contribution in [3.63, 3.8) is 0 Å². The van der Waals surface area contributed by atoms with E-state index >= 15 is 0 Å². The second kappa shape index (κ2) is 8.13. The van der Waals surface area contributed by atoms with Crippen LogP contribution in [-0.2, 0) is 9.59 Å². The highest BCUT2D eigenvalue weighted by Crippen LogP contribution is 1.97. The summed E-state index contributed by atoms with van der Waals surface area (Å²) in [7, 11) is 0. The van der Waals surface area contributed by atoms with E-state index in [0.29, 0.717) is 13.1 Å². The standard InChI is InChI=1S/C10H15N3O4/c1-2-13(3-4-14)7-8(5-11)10(17)12-6-9(15)16/h7,14H,2-4,6H2,1H3,(H,12,17)(H,15,16)/b8-7-. The van der Waals surface area contributed by atoms with Crippen LogP contribution in [0.2, 0.25) is 0 Å². The largest absolute Gasteiger partial charge is 0.480 e. The van der Waals surface area contributed by atoms with Gasteiger partial charge in [-0.25, -0.2) is 0 Å². The lowest BCUT2D eigenvalue weighted by Gasteiger charge is -2.16. The summed E-state index contributed by atoms with van der Waals surface area (Å²) in [5.74, 6) is -1.93. The lowest BCUT2D eigenvalue weighted by molar-refractivity contribution is -0.137. The van der Waals surface area contributed by atoms with Gasteiger partial charge in [0.1, 0.15) is 18.2 Å². The number of nitrogens with zero attached hydrogens (tertiary/aromatic N) is 2. The Labute approximate surface area is 98.9 Å². The number of carboxylic acid groups (broad SMARTS) is 1. The third kappa shape index (κ3) is 6.17. The highest BCUT2D eigenvalue weighted by molar-refractivity contribution is 5.98. The monoisotopic (exact) mass is 241 g/mol. The van der Waals surface area contributed by atoms with Gasteiger partial charge in [0.05, 0.1) is 6.61 Å². The number of rotatable bonds is 7. The first kappa shape index (κ1) is 14.9. The maximum atomic E-state index is 11.4. The number of carboxylic acids is 1. The molecule has 94 valence electrons. The van der Waals surface area contributed by atoms with Crippen LogP contribution in [0.15, 0.2) is 11.8 Å². The third-order valence-corrected chi connectivity index (χ3v) is 1.87. The molecule has 0 unspecified atom stereocenters. The van der Waals surface area contributed by atoms with Crippen LogP contribution >= 0.6 is 0 Å². The topological polar surface area (TPSA) is 114 Å². The average molecular weight is 241 g/mol. The minimum atomic E-state index is -1.18. The van der Waals surface area contributed by atoms with Crippen molar-refractivity contribution < 1.29 is 19.8 Å². The number of hydrogen-bond acceptors (Lipinski definition) is 5. The van der Waals surface area contributed by atoms with Crippen LogP contribution in [0.4, 0.5) is 0 Å². The fourth-order valence-corrected chi connectivity index (χ4v) is 1.01. The molecule has 0 saturated carbocycles. The number of aliphatic hydroxyl groups is 1. The minimum Gasteiger partial charge on any atom is -0.480 e. The summed E-state index contributed by atoms with van der Waals surface area (Å²) in [5.41, 5.74) is -0.193. The molecular formula is C10H15N3O4. The van der Waals surface area contributed by atoms with Crippen molar-refractivity contribution in [2.24, 2.45) is 0 Å². The number of nitriles is 1. The van der Waals surface area contributed by atoms with Crippen LogP contribution < -0.4 is 5.32 Å². The summed E-state index contributed by atoms with van der Waals surface area (Å²) in [6.45, 7) is 1.99. The van der Waals surface area contributed by atoms with Gasteiger partial charge in [-0.15, -0.1) is 0 Å². The molecule has 0 aromatic carbocycles. The molecule has 0 atom stereocenters. The number of hydrogen-bond donors (Lipinski definition) is 3. The molecule has 0 fully saturated rings. The summed E-state index contributed by atoms with van der Waals surface area (Å²) in [5, 5.41) is 27.9. The first-order chi connectivity index (χ1) is 8.04. The minimum absolute atomic E-state index is 0.0974. The van der Waals surface area contributed by atoms with Gasteiger partial charge in [-0.05, 0) is 6.92 Å². The SMILES string of the molecule is CCN(/C=C(/C#N)C(=O)NCC(=O)O)CCO. The number of nitrogens with one attached hydrogen (secondary N) is 1. The van der Waals surface area contributed by atoms with Crippen LogP contribution in [0.25, 0.3) is 0 Å². The Balaban J connectivity index is 4.58. The number of aliphatic hydroxyl groups excluding tert-OH is 1. The van der Waals surface area contributed by atoms with Gasteiger partial charge in [-0.2, -0.15) is 5.26 Å². The lowest BCUT2D eigenvalue weighted by atomic mass is 10.3. The summed E-state index contributed by atoms with van der Waals surface area (Å²) in [6.07, 6.45) is 1.30. The molecule has 0 saturated heterocycles. The molecule has 0 radical (unpaired) electrons. The Kier molecular flexibility index (Phi) is 7.14. The van der Waals surface area contributed by atoms with E-state index in [2.05, 4.69) is 5.32 Å². The number of carbonyl (C=O) groups excluding carboxylic acids is 1. The first-order valence-electron chi connectivity index (χ1n) is 5.02. The van der Waals surface area contributed by atoms with Gasteiger partial charge in [0, 0.05) is 19.3 Å². The zero-order valence-corrected chi connectivity index (χ0v) is 9.51. The molecule has 0 aromatic heterocycles. The molecule has 0 spiro atoms. The lowest BCUT2D eigenvalue weighted by Crippen LogP contribution is -2.31. The van der Waals surface area contributed by atoms with Gasteiger partial charge < -0.3 is 20.4 Å². The van der Waals surface area contributed by atoms with Gasteiger partial charge in [0.2, 0.25) is 0 Å². The van der Waals surface area contributed by atoms with Crippen molar-refractivity contribution in [3.8, 4) is 6.07 Å². The van der Waals surface area contributed by atoms with E-state index in [-0.39, 0.29) is 12.2 Å². The molecule has 7 nitrogen and oxygen atoms in total. The molecule has 0 aliphatic carbocycles. The van der Waals surface area contributed by atoms with Crippen LogP contribution in [0.5, 0.6) is 0 Å². The Morgan fingerprint density at radius 3 is 2.59 bits per heavy atom. The van der Waals surface area contributed by atoms with Crippen LogP contribution in [0, 0.1) is 11.3 Å². The van der Waals surface area contributed by atoms with E-state index in [1.165, 1.54) is 6.20 Å². The Hall–Kier alpha value is -2.07. The van der Waals surface area contributed by atoms with Crippen molar-refractivity contribution in [1.29, 1.82) is 5.26 Å². The second-order valence-electron chi connectivity index (χ2n) is 3.08. The summed E-state index contributed by atoms with van der Waals surface area (Å²) in [6, 6.07) is 1.68. The fraction of sp³-hybridized carbons (Fsp3) is 0.500. The van der Waals surface area contributed by atoms with Gasteiger partial charge in [0.15, 0.2) is 0 Å². The highest BCUT2D eigenvalue weighted by Gasteiger charge is 2.11. The van der Waals surface area contributed by atoms with Gasteiger partial charge >= 0.3 is 5.97 Å². The molecule has 1 amide bonds. The highest BCUT2D eigenvalue weighted by atomic mass is 16.4. The Bertz CT molecular complexity index is 346. The predicted octanol–water partition coefficient (Wildman–Crippen LogP) is -1.09. The van der Waals surface area contributed by atoms with E-state index in [0.717, 1.165) is 0 Å². The smallest absolute Gasteiger partial charge is 0.322 e. The van der Waals surface area contributed by atoms with Crippen LogP contribution in [0.1, 0.15) is 6.92 Å². The van der Waals surface area contributed by atoms with Crippen molar-refractivity contribution in [2.75, 3.05) is 26.2 Å². The van der Waals surface area contributed by atoms with E-state index in [9.17, 15) is 9.59 Å². The Morgan fingerprint density at radius 2 is 2.18 bits per heavy atom.